The van der Waals surface area contributed by atoms with Crippen LogP contribution in [-0.2, 0) is 13.6 Å². The fourth-order valence-electron chi connectivity index (χ4n) is 4.42. The van der Waals surface area contributed by atoms with Gasteiger partial charge in [-0.05, 0) is 43.3 Å². The zero-order chi connectivity index (χ0) is 21.0. The Morgan fingerprint density at radius 2 is 1.69 bits per heavy atom. The zero-order valence-electron chi connectivity index (χ0n) is 17.7. The van der Waals surface area contributed by atoms with Crippen LogP contribution in [0.15, 0.2) is 17.1 Å². The molecule has 162 valence electrons. The van der Waals surface area contributed by atoms with E-state index in [9.17, 15) is 9.90 Å². The molecule has 0 aromatic carbocycles. The summed E-state index contributed by atoms with van der Waals surface area (Å²) < 4.78 is 21.0. The molecular weight excluding hydrogens is 406 g/mol. The molecule has 2 heterocycles. The standard InChI is InChI=1S/C19H33N3O5Si2/c1-28(2,12-5-6-12)26-16-14(11-23)25-18(22-10-9-15(20)21-19(22)24)17(16)27-29(3,4)13-7-8-13/h9-10,12-14,16-18,23H,5-8,11H2,1-4H3,(H2,20,21,24). The van der Waals surface area contributed by atoms with Gasteiger partial charge >= 0.3 is 5.69 Å². The van der Waals surface area contributed by atoms with Crippen molar-refractivity contribution in [2.75, 3.05) is 12.3 Å². The second-order valence-corrected chi connectivity index (χ2v) is 18.2. The summed E-state index contributed by atoms with van der Waals surface area (Å²) in [6.07, 6.45) is 4.31. The first-order valence-corrected chi connectivity index (χ1v) is 16.6. The topological polar surface area (TPSA) is 109 Å². The van der Waals surface area contributed by atoms with Gasteiger partial charge in [0, 0.05) is 6.20 Å². The first-order valence-electron chi connectivity index (χ1n) is 10.6. The summed E-state index contributed by atoms with van der Waals surface area (Å²) in [7, 11) is -3.95. The smallest absolute Gasteiger partial charge is 0.351 e. The maximum absolute atomic E-state index is 12.5. The van der Waals surface area contributed by atoms with Crippen molar-refractivity contribution in [3.8, 4) is 0 Å². The summed E-state index contributed by atoms with van der Waals surface area (Å²) >= 11 is 0. The first kappa shape index (κ1) is 21.2. The van der Waals surface area contributed by atoms with Crippen LogP contribution in [0.1, 0.15) is 31.9 Å². The Morgan fingerprint density at radius 3 is 2.17 bits per heavy atom. The SMILES string of the molecule is C[Si](C)(OC1C(CO)OC(n2ccc(N)nc2=O)C1O[Si](C)(C)C1CC1)C1CC1. The maximum Gasteiger partial charge on any atom is 0.351 e. The molecule has 29 heavy (non-hydrogen) atoms. The molecule has 8 nitrogen and oxygen atoms in total. The number of hydrogen-bond acceptors (Lipinski definition) is 7. The molecule has 0 amide bonds. The van der Waals surface area contributed by atoms with E-state index in [1.54, 1.807) is 12.3 Å². The molecule has 3 fully saturated rings. The highest BCUT2D eigenvalue weighted by atomic mass is 28.4. The summed E-state index contributed by atoms with van der Waals surface area (Å²) in [6, 6.07) is 1.58. The Hall–Kier alpha value is -1.05. The van der Waals surface area contributed by atoms with Gasteiger partial charge in [0.1, 0.15) is 24.1 Å². The lowest BCUT2D eigenvalue weighted by atomic mass is 10.1. The minimum Gasteiger partial charge on any atom is -0.409 e. The Labute approximate surface area is 173 Å². The average Bonchev–Trinajstić information content (AvgIpc) is 3.53. The van der Waals surface area contributed by atoms with E-state index in [1.165, 1.54) is 30.3 Å². The van der Waals surface area contributed by atoms with Crippen LogP contribution in [0, 0.1) is 0 Å². The van der Waals surface area contributed by atoms with Crippen LogP contribution in [0.25, 0.3) is 0 Å². The van der Waals surface area contributed by atoms with Crippen LogP contribution in [0.5, 0.6) is 0 Å². The van der Waals surface area contributed by atoms with Crippen LogP contribution in [0.2, 0.25) is 37.3 Å². The van der Waals surface area contributed by atoms with Crippen molar-refractivity contribution < 1.29 is 18.7 Å². The third-order valence-corrected chi connectivity index (χ3v) is 13.4. The van der Waals surface area contributed by atoms with Gasteiger partial charge in [-0.25, -0.2) is 4.79 Å². The molecule has 4 rings (SSSR count). The van der Waals surface area contributed by atoms with Crippen molar-refractivity contribution in [2.24, 2.45) is 0 Å². The summed E-state index contributed by atoms with van der Waals surface area (Å²) in [5.41, 5.74) is 6.44. The van der Waals surface area contributed by atoms with E-state index >= 15 is 0 Å². The minimum absolute atomic E-state index is 0.170. The number of aromatic nitrogens is 2. The van der Waals surface area contributed by atoms with Crippen molar-refractivity contribution in [3.63, 3.8) is 0 Å². The molecule has 10 heteroatoms. The van der Waals surface area contributed by atoms with Crippen LogP contribution >= 0.6 is 0 Å². The van der Waals surface area contributed by atoms with Crippen molar-refractivity contribution >= 4 is 22.5 Å². The lowest BCUT2D eigenvalue weighted by molar-refractivity contribution is -0.0524. The fourth-order valence-corrected chi connectivity index (χ4v) is 9.86. The van der Waals surface area contributed by atoms with Gasteiger partial charge in [0.2, 0.25) is 0 Å². The van der Waals surface area contributed by atoms with Gasteiger partial charge in [-0.15, -0.1) is 0 Å². The van der Waals surface area contributed by atoms with Crippen LogP contribution in [-0.4, -0.2) is 56.2 Å². The van der Waals surface area contributed by atoms with Crippen molar-refractivity contribution in [1.82, 2.24) is 9.55 Å². The number of aliphatic hydroxyl groups excluding tert-OH is 1. The number of nitrogens with zero attached hydrogens (tertiary/aromatic N) is 2. The molecule has 4 unspecified atom stereocenters. The third kappa shape index (κ3) is 4.37. The van der Waals surface area contributed by atoms with Gasteiger partial charge in [-0.2, -0.15) is 4.98 Å². The quantitative estimate of drug-likeness (QED) is 0.598. The van der Waals surface area contributed by atoms with Crippen molar-refractivity contribution in [3.05, 3.63) is 22.7 Å². The molecule has 0 spiro atoms. The number of rotatable bonds is 8. The average molecular weight is 440 g/mol. The highest BCUT2D eigenvalue weighted by molar-refractivity contribution is 6.74. The number of nitrogen functional groups attached to an aromatic ring is 1. The van der Waals surface area contributed by atoms with E-state index in [4.69, 9.17) is 19.3 Å². The highest BCUT2D eigenvalue weighted by Crippen LogP contribution is 2.50. The fraction of sp³-hybridized carbons (Fsp3) is 0.789. The Kier molecular flexibility index (Phi) is 5.54. The minimum atomic E-state index is -2.00. The Morgan fingerprint density at radius 1 is 1.14 bits per heavy atom. The lowest BCUT2D eigenvalue weighted by Gasteiger charge is -2.36. The normalized spacial score (nSPS) is 30.7. The molecule has 1 aliphatic heterocycles. The second kappa shape index (κ2) is 7.58. The summed E-state index contributed by atoms with van der Waals surface area (Å²) in [5, 5.41) is 10.0. The number of aliphatic hydroxyl groups is 1. The third-order valence-electron chi connectivity index (χ3n) is 6.59. The van der Waals surface area contributed by atoms with E-state index in [0.29, 0.717) is 11.1 Å². The van der Waals surface area contributed by atoms with E-state index in [-0.39, 0.29) is 12.4 Å². The van der Waals surface area contributed by atoms with E-state index < -0.39 is 46.9 Å². The highest BCUT2D eigenvalue weighted by Gasteiger charge is 2.55. The number of anilines is 1. The van der Waals surface area contributed by atoms with Crippen LogP contribution in [0.4, 0.5) is 5.82 Å². The van der Waals surface area contributed by atoms with E-state index in [2.05, 4.69) is 31.2 Å². The van der Waals surface area contributed by atoms with Gasteiger partial charge in [0.15, 0.2) is 22.9 Å². The molecule has 2 saturated carbocycles. The van der Waals surface area contributed by atoms with E-state index in [0.717, 1.165) is 0 Å². The Balaban J connectivity index is 1.67. The summed E-state index contributed by atoms with van der Waals surface area (Å²) in [5.74, 6) is 0.170. The van der Waals surface area contributed by atoms with Gasteiger partial charge in [-0.1, -0.05) is 25.7 Å². The molecular formula is C19H33N3O5Si2. The molecule has 1 saturated heterocycles. The Bertz CT molecular complexity index is 809. The van der Waals surface area contributed by atoms with Crippen molar-refractivity contribution in [2.45, 2.75) is 87.5 Å². The zero-order valence-corrected chi connectivity index (χ0v) is 19.7. The maximum atomic E-state index is 12.5. The summed E-state index contributed by atoms with van der Waals surface area (Å²) in [4.78, 5) is 16.4. The lowest BCUT2D eigenvalue weighted by Crippen LogP contribution is -2.50. The van der Waals surface area contributed by atoms with Gasteiger partial charge in [-0.3, -0.25) is 4.57 Å². The molecule has 1 aromatic heterocycles. The largest absolute Gasteiger partial charge is 0.409 e. The van der Waals surface area contributed by atoms with Gasteiger partial charge in [0.05, 0.1) is 6.61 Å². The molecule has 0 bridgehead atoms. The molecule has 2 aliphatic carbocycles. The number of hydrogen-bond donors (Lipinski definition) is 2. The second-order valence-electron chi connectivity index (χ2n) is 9.71. The van der Waals surface area contributed by atoms with E-state index in [1.807, 2.05) is 0 Å². The molecule has 0 radical (unpaired) electrons. The predicted octanol–water partition coefficient (Wildman–Crippen LogP) is 2.22. The monoisotopic (exact) mass is 439 g/mol. The predicted molar refractivity (Wildman–Crippen MR) is 115 cm³/mol. The molecule has 3 aliphatic rings. The summed E-state index contributed by atoms with van der Waals surface area (Å²) in [6.45, 7) is 8.71. The van der Waals surface area contributed by atoms with Crippen LogP contribution < -0.4 is 11.4 Å². The van der Waals surface area contributed by atoms with Crippen LogP contribution in [0.3, 0.4) is 0 Å². The van der Waals surface area contributed by atoms with Gasteiger partial charge in [0.25, 0.3) is 0 Å². The first-order chi connectivity index (χ1) is 13.6. The number of nitrogens with two attached hydrogens (primary N) is 1. The molecule has 3 N–H and O–H groups in total. The molecule has 1 aromatic rings. The van der Waals surface area contributed by atoms with Crippen molar-refractivity contribution in [1.29, 1.82) is 0 Å². The van der Waals surface area contributed by atoms with Gasteiger partial charge < -0.3 is 24.4 Å². The number of ether oxygens (including phenoxy) is 1. The molecule has 4 atom stereocenters.